The number of amides is 1. The number of rotatable bonds is 4. The number of hydrazine groups is 1. The summed E-state index contributed by atoms with van der Waals surface area (Å²) >= 11 is 0. The lowest BCUT2D eigenvalue weighted by Gasteiger charge is -2.35. The molecule has 188 valence electrons. The molecule has 3 atom stereocenters. The topological polar surface area (TPSA) is 62.2 Å². The molecular weight excluding hydrogens is 467 g/mol. The zero-order valence-corrected chi connectivity index (χ0v) is 19.9. The molecular formula is C27H28F3N5O. The van der Waals surface area contributed by atoms with Crippen LogP contribution in [0, 0.1) is 5.92 Å². The van der Waals surface area contributed by atoms with Gasteiger partial charge in [-0.05, 0) is 43.4 Å². The largest absolute Gasteiger partial charge is 0.406 e. The van der Waals surface area contributed by atoms with E-state index in [1.54, 1.807) is 37.3 Å². The van der Waals surface area contributed by atoms with Crippen LogP contribution in [0.15, 0.2) is 60.3 Å². The molecule has 0 spiro atoms. The van der Waals surface area contributed by atoms with Crippen molar-refractivity contribution in [2.45, 2.75) is 63.5 Å². The van der Waals surface area contributed by atoms with Crippen molar-refractivity contribution in [2.24, 2.45) is 5.92 Å². The Kier molecular flexibility index (Phi) is 5.55. The molecule has 36 heavy (non-hydrogen) atoms. The molecule has 6 nitrogen and oxygen atoms in total. The molecule has 1 saturated heterocycles. The van der Waals surface area contributed by atoms with Crippen molar-refractivity contribution >= 4 is 22.5 Å². The number of aromatic nitrogens is 2. The first kappa shape index (κ1) is 23.1. The number of nitrogens with zero attached hydrogens (tertiary/aromatic N) is 3. The predicted molar refractivity (Wildman–Crippen MR) is 130 cm³/mol. The van der Waals surface area contributed by atoms with E-state index in [4.69, 9.17) is 4.98 Å². The van der Waals surface area contributed by atoms with E-state index in [1.165, 1.54) is 12.8 Å². The molecule has 2 N–H and O–H groups in total. The van der Waals surface area contributed by atoms with Gasteiger partial charge in [0.1, 0.15) is 23.6 Å². The number of allylic oxidation sites excluding steroid dienone is 1. The molecule has 9 heteroatoms. The first-order chi connectivity index (χ1) is 17.3. The van der Waals surface area contributed by atoms with E-state index in [2.05, 4.69) is 15.3 Å². The number of imidazole rings is 1. The van der Waals surface area contributed by atoms with Gasteiger partial charge in [-0.1, -0.05) is 55.3 Å². The highest BCUT2D eigenvalue weighted by Crippen LogP contribution is 2.42. The first-order valence-corrected chi connectivity index (χ1v) is 12.5. The molecule has 2 fully saturated rings. The van der Waals surface area contributed by atoms with Gasteiger partial charge < -0.3 is 9.88 Å². The Hall–Kier alpha value is -3.33. The Labute approximate surface area is 207 Å². The molecule has 2 aromatic carbocycles. The number of fused-ring (bicyclic) bond motifs is 2. The minimum absolute atomic E-state index is 0.308. The number of benzene rings is 2. The third kappa shape index (κ3) is 3.77. The van der Waals surface area contributed by atoms with E-state index < -0.39 is 30.2 Å². The van der Waals surface area contributed by atoms with Crippen molar-refractivity contribution < 1.29 is 18.0 Å². The van der Waals surface area contributed by atoms with Crippen molar-refractivity contribution in [1.82, 2.24) is 25.3 Å². The average Bonchev–Trinajstić information content (AvgIpc) is 3.58. The summed E-state index contributed by atoms with van der Waals surface area (Å²) in [6.45, 7) is 2.49. The van der Waals surface area contributed by atoms with Gasteiger partial charge in [0, 0.05) is 12.2 Å². The third-order valence-electron chi connectivity index (χ3n) is 7.76. The quantitative estimate of drug-likeness (QED) is 0.538. The molecule has 1 aromatic heterocycles. The number of hydrogen-bond donors (Lipinski definition) is 2. The first-order valence-electron chi connectivity index (χ1n) is 12.5. The zero-order valence-electron chi connectivity index (χ0n) is 19.9. The Morgan fingerprint density at radius 2 is 1.72 bits per heavy atom. The monoisotopic (exact) mass is 495 g/mol. The highest BCUT2D eigenvalue weighted by atomic mass is 19.4. The number of para-hydroxylation sites is 2. The van der Waals surface area contributed by atoms with Crippen molar-refractivity contribution in [3.8, 4) is 0 Å². The maximum Gasteiger partial charge on any atom is 0.406 e. The molecule has 3 aromatic rings. The highest BCUT2D eigenvalue weighted by Gasteiger charge is 2.58. The summed E-state index contributed by atoms with van der Waals surface area (Å²) in [5.41, 5.74) is 5.56. The molecule has 0 radical (unpaired) electrons. The third-order valence-corrected chi connectivity index (χ3v) is 7.76. The lowest BCUT2D eigenvalue weighted by atomic mass is 9.89. The van der Waals surface area contributed by atoms with Crippen molar-refractivity contribution in [3.63, 3.8) is 0 Å². The second kappa shape index (κ2) is 8.65. The predicted octanol–water partition coefficient (Wildman–Crippen LogP) is 4.95. The van der Waals surface area contributed by atoms with Crippen LogP contribution >= 0.6 is 0 Å². The van der Waals surface area contributed by atoms with Gasteiger partial charge in [-0.15, -0.1) is 0 Å². The number of alkyl halides is 3. The lowest BCUT2D eigenvalue weighted by molar-refractivity contribution is -0.161. The van der Waals surface area contributed by atoms with Gasteiger partial charge in [0.05, 0.1) is 17.0 Å². The molecule has 3 aliphatic rings. The standard InChI is InChI=1S/C27H28F3N5O/c1-16-21(24-32-19-13-7-8-14-20(19)34(24)15-17-9-5-6-10-17)26(36)35-25(31-16)22(18-11-3-2-4-12-18)23(33-35)27(28,29)30/h2-4,7-8,11-14,17,22-23,25,31,33H,5-6,9-10,15H2,1H3. The van der Waals surface area contributed by atoms with Crippen LogP contribution in [0.2, 0.25) is 0 Å². The van der Waals surface area contributed by atoms with E-state index in [1.807, 2.05) is 24.3 Å². The van der Waals surface area contributed by atoms with Gasteiger partial charge in [0.2, 0.25) is 0 Å². The Balaban J connectivity index is 1.44. The Morgan fingerprint density at radius 3 is 2.44 bits per heavy atom. The minimum atomic E-state index is -4.54. The van der Waals surface area contributed by atoms with Crippen LogP contribution in [0.3, 0.4) is 0 Å². The van der Waals surface area contributed by atoms with Crippen LogP contribution in [-0.2, 0) is 11.3 Å². The van der Waals surface area contributed by atoms with E-state index in [0.29, 0.717) is 28.6 Å². The van der Waals surface area contributed by atoms with E-state index in [0.717, 1.165) is 35.4 Å². The smallest absolute Gasteiger partial charge is 0.366 e. The van der Waals surface area contributed by atoms with Crippen LogP contribution in [0.5, 0.6) is 0 Å². The normalized spacial score (nSPS) is 25.1. The highest BCUT2D eigenvalue weighted by molar-refractivity contribution is 6.20. The summed E-state index contributed by atoms with van der Waals surface area (Å²) in [7, 11) is 0. The molecule has 1 aliphatic carbocycles. The van der Waals surface area contributed by atoms with Crippen molar-refractivity contribution in [1.29, 1.82) is 0 Å². The lowest BCUT2D eigenvalue weighted by Crippen LogP contribution is -2.54. The Bertz CT molecular complexity index is 1330. The average molecular weight is 496 g/mol. The summed E-state index contributed by atoms with van der Waals surface area (Å²) in [6.07, 6.45) is -0.788. The number of nitrogens with one attached hydrogen (secondary N) is 2. The SMILES string of the molecule is CC1=C(c2nc3ccccc3n2CC2CCCC2)C(=O)N2NC(C(F)(F)F)C(c3ccccc3)C2N1. The zero-order chi connectivity index (χ0) is 25.0. The van der Waals surface area contributed by atoms with Gasteiger partial charge in [-0.25, -0.2) is 15.4 Å². The molecule has 2 aliphatic heterocycles. The summed E-state index contributed by atoms with van der Waals surface area (Å²) in [4.78, 5) is 18.7. The fourth-order valence-electron chi connectivity index (χ4n) is 6.06. The van der Waals surface area contributed by atoms with E-state index in [-0.39, 0.29) is 0 Å². The molecule has 3 unspecified atom stereocenters. The van der Waals surface area contributed by atoms with Crippen molar-refractivity contribution in [3.05, 3.63) is 71.7 Å². The van der Waals surface area contributed by atoms with E-state index in [9.17, 15) is 18.0 Å². The number of hydrogen-bond acceptors (Lipinski definition) is 4. The van der Waals surface area contributed by atoms with Gasteiger partial charge in [-0.3, -0.25) is 4.79 Å². The Morgan fingerprint density at radius 1 is 1.03 bits per heavy atom. The maximum absolute atomic E-state index is 14.2. The van der Waals surface area contributed by atoms with Gasteiger partial charge in [-0.2, -0.15) is 13.2 Å². The second-order valence-electron chi connectivity index (χ2n) is 10.0. The van der Waals surface area contributed by atoms with Crippen LogP contribution in [0.4, 0.5) is 13.2 Å². The number of carbonyl (C=O) groups excluding carboxylic acids is 1. The number of carbonyl (C=O) groups is 1. The molecule has 1 saturated carbocycles. The molecule has 3 heterocycles. The van der Waals surface area contributed by atoms with Gasteiger partial charge in [0.15, 0.2) is 0 Å². The van der Waals surface area contributed by atoms with Crippen LogP contribution in [0.1, 0.15) is 49.9 Å². The summed E-state index contributed by atoms with van der Waals surface area (Å²) in [5.74, 6) is -0.496. The fourth-order valence-corrected chi connectivity index (χ4v) is 6.06. The maximum atomic E-state index is 14.2. The van der Waals surface area contributed by atoms with Crippen LogP contribution in [0.25, 0.3) is 16.6 Å². The fraction of sp³-hybridized carbons (Fsp3) is 0.407. The summed E-state index contributed by atoms with van der Waals surface area (Å²) < 4.78 is 44.5. The number of halogens is 3. The van der Waals surface area contributed by atoms with Crippen LogP contribution < -0.4 is 10.7 Å². The van der Waals surface area contributed by atoms with Gasteiger partial charge >= 0.3 is 6.18 Å². The van der Waals surface area contributed by atoms with Gasteiger partial charge in [0.25, 0.3) is 5.91 Å². The second-order valence-corrected chi connectivity index (χ2v) is 10.0. The van der Waals surface area contributed by atoms with E-state index >= 15 is 0 Å². The summed E-state index contributed by atoms with van der Waals surface area (Å²) in [5, 5.41) is 4.36. The van der Waals surface area contributed by atoms with Crippen molar-refractivity contribution in [2.75, 3.05) is 0 Å². The molecule has 0 bridgehead atoms. The van der Waals surface area contributed by atoms with Crippen LogP contribution in [-0.4, -0.2) is 38.9 Å². The summed E-state index contributed by atoms with van der Waals surface area (Å²) in [6, 6.07) is 14.4. The molecule has 1 amide bonds. The minimum Gasteiger partial charge on any atom is -0.366 e. The molecule has 6 rings (SSSR count).